The molecule has 0 saturated carbocycles. The molecule has 0 fully saturated rings. The van der Waals surface area contributed by atoms with E-state index in [0.29, 0.717) is 19.3 Å². The number of hydrogen-bond acceptors (Lipinski definition) is 10. The Morgan fingerprint density at radius 1 is 0.711 bits per heavy atom. The quantitative estimate of drug-likeness (QED) is 0.128. The van der Waals surface area contributed by atoms with Crippen LogP contribution in [0, 0.1) is 22.7 Å². The molecule has 38 heavy (non-hydrogen) atoms. The van der Waals surface area contributed by atoms with Gasteiger partial charge in [0.15, 0.2) is 0 Å². The lowest BCUT2D eigenvalue weighted by molar-refractivity contribution is -0.167. The van der Waals surface area contributed by atoms with Gasteiger partial charge in [-0.25, -0.2) is 0 Å². The minimum atomic E-state index is -1.27. The zero-order valence-electron chi connectivity index (χ0n) is 24.2. The first kappa shape index (κ1) is 36.2. The number of aliphatic hydroxyl groups is 3. The van der Waals surface area contributed by atoms with Crippen LogP contribution < -0.4 is 0 Å². The Labute approximate surface area is 228 Å². The van der Waals surface area contributed by atoms with Gasteiger partial charge in [0, 0.05) is 12.8 Å². The Balaban J connectivity index is 5.43. The molecule has 0 aromatic heterocycles. The number of hydrogen-bond donors (Lipinski definition) is 3. The van der Waals surface area contributed by atoms with Gasteiger partial charge in [-0.05, 0) is 25.2 Å². The number of carbonyl (C=O) groups is 3. The molecule has 10 nitrogen and oxygen atoms in total. The van der Waals surface area contributed by atoms with Crippen LogP contribution in [0.1, 0.15) is 86.0 Å². The van der Waals surface area contributed by atoms with Crippen molar-refractivity contribution in [2.75, 3.05) is 52.9 Å². The summed E-state index contributed by atoms with van der Waals surface area (Å²) in [7, 11) is 0. The van der Waals surface area contributed by atoms with Gasteiger partial charge >= 0.3 is 17.9 Å². The van der Waals surface area contributed by atoms with E-state index in [1.165, 1.54) is 0 Å². The van der Waals surface area contributed by atoms with Crippen molar-refractivity contribution in [1.29, 1.82) is 0 Å². The van der Waals surface area contributed by atoms with E-state index in [9.17, 15) is 29.7 Å². The third-order valence-electron chi connectivity index (χ3n) is 6.46. The van der Waals surface area contributed by atoms with Gasteiger partial charge in [-0.3, -0.25) is 14.4 Å². The zero-order chi connectivity index (χ0) is 29.0. The number of rotatable bonds is 23. The Hall–Kier alpha value is -1.75. The monoisotopic (exact) mass is 548 g/mol. The smallest absolute Gasteiger partial charge is 0.308 e. The third-order valence-corrected chi connectivity index (χ3v) is 6.46. The van der Waals surface area contributed by atoms with E-state index in [1.807, 2.05) is 34.6 Å². The van der Waals surface area contributed by atoms with Gasteiger partial charge in [0.2, 0.25) is 0 Å². The Kier molecular flexibility index (Phi) is 19.3. The molecule has 0 aromatic rings. The predicted molar refractivity (Wildman–Crippen MR) is 142 cm³/mol. The first-order valence-corrected chi connectivity index (χ1v) is 13.9. The average Bonchev–Trinajstić information content (AvgIpc) is 2.90. The fourth-order valence-corrected chi connectivity index (χ4v) is 3.55. The normalized spacial score (nSPS) is 14.1. The van der Waals surface area contributed by atoms with Crippen LogP contribution in [0.5, 0.6) is 0 Å². The number of carbonyl (C=O) groups excluding carboxylic acids is 3. The van der Waals surface area contributed by atoms with Crippen LogP contribution in [0.2, 0.25) is 0 Å². The molecule has 0 heterocycles. The highest BCUT2D eigenvalue weighted by molar-refractivity contribution is 5.72. The van der Waals surface area contributed by atoms with Crippen LogP contribution in [-0.4, -0.2) is 86.1 Å². The van der Waals surface area contributed by atoms with E-state index in [2.05, 4.69) is 0 Å². The molecule has 10 heteroatoms. The van der Waals surface area contributed by atoms with Crippen molar-refractivity contribution >= 4 is 17.9 Å². The van der Waals surface area contributed by atoms with Gasteiger partial charge in [0.25, 0.3) is 0 Å². The van der Waals surface area contributed by atoms with Gasteiger partial charge in [-0.2, -0.15) is 0 Å². The second kappa shape index (κ2) is 20.2. The lowest BCUT2D eigenvalue weighted by Gasteiger charge is -2.34. The number of esters is 3. The third kappa shape index (κ3) is 14.4. The molecule has 0 saturated heterocycles. The molecule has 0 aliphatic carbocycles. The van der Waals surface area contributed by atoms with Crippen LogP contribution in [0.4, 0.5) is 0 Å². The first-order valence-electron chi connectivity index (χ1n) is 13.9. The summed E-state index contributed by atoms with van der Waals surface area (Å²) in [6.45, 7) is 7.01. The minimum absolute atomic E-state index is 0.0959. The maximum absolute atomic E-state index is 12.7. The molecule has 0 amide bonds. The summed E-state index contributed by atoms with van der Waals surface area (Å²) >= 11 is 0. The van der Waals surface area contributed by atoms with Crippen LogP contribution >= 0.6 is 0 Å². The Morgan fingerprint density at radius 3 is 1.76 bits per heavy atom. The van der Waals surface area contributed by atoms with Crippen molar-refractivity contribution in [2.45, 2.75) is 86.0 Å². The number of ether oxygens (including phenoxy) is 4. The van der Waals surface area contributed by atoms with E-state index < -0.39 is 42.6 Å². The molecule has 0 radical (unpaired) electrons. The molecule has 0 aromatic carbocycles. The Bertz CT molecular complexity index is 662. The molecule has 224 valence electrons. The standard InChI is InChI=1S/C28H52O10/c1-6-9-11-23(8-3)26(34)38-21-28(16-31,20-36-24(32)12-10-7-2)18-35-17-27(14-29,15-30)19-37-25(33)13-22(4)5/h22-23,29-31H,6-21H2,1-5H3. The summed E-state index contributed by atoms with van der Waals surface area (Å²) in [6.07, 6.45) is 5.09. The van der Waals surface area contributed by atoms with E-state index in [-0.39, 0.29) is 63.7 Å². The molecular weight excluding hydrogens is 496 g/mol. The van der Waals surface area contributed by atoms with Crippen LogP contribution in [-0.2, 0) is 33.3 Å². The lowest BCUT2D eigenvalue weighted by Crippen LogP contribution is -2.45. The maximum atomic E-state index is 12.7. The zero-order valence-corrected chi connectivity index (χ0v) is 24.2. The van der Waals surface area contributed by atoms with Crippen LogP contribution in [0.3, 0.4) is 0 Å². The first-order chi connectivity index (χ1) is 18.1. The van der Waals surface area contributed by atoms with E-state index >= 15 is 0 Å². The summed E-state index contributed by atoms with van der Waals surface area (Å²) in [5.74, 6) is -1.43. The molecule has 0 rings (SSSR count). The highest BCUT2D eigenvalue weighted by Crippen LogP contribution is 2.25. The van der Waals surface area contributed by atoms with Gasteiger partial charge < -0.3 is 34.3 Å². The average molecular weight is 549 g/mol. The summed E-state index contributed by atoms with van der Waals surface area (Å²) in [5.41, 5.74) is -2.51. The SMILES string of the molecule is CCCCC(=O)OCC(CO)(COCC(CO)(CO)COC(=O)CC(C)C)COC(=O)C(CC)CCCC. The molecule has 0 bridgehead atoms. The van der Waals surface area contributed by atoms with Crippen molar-refractivity contribution in [3.63, 3.8) is 0 Å². The van der Waals surface area contributed by atoms with Gasteiger partial charge in [-0.15, -0.1) is 0 Å². The fraction of sp³-hybridized carbons (Fsp3) is 0.893. The molecule has 3 N–H and O–H groups in total. The van der Waals surface area contributed by atoms with Crippen LogP contribution in [0.15, 0.2) is 0 Å². The largest absolute Gasteiger partial charge is 0.465 e. The summed E-state index contributed by atoms with van der Waals surface area (Å²) in [6, 6.07) is 0. The molecule has 0 spiro atoms. The fourth-order valence-electron chi connectivity index (χ4n) is 3.55. The summed E-state index contributed by atoms with van der Waals surface area (Å²) in [5, 5.41) is 30.2. The molecule has 2 unspecified atom stereocenters. The highest BCUT2D eigenvalue weighted by atomic mass is 16.6. The highest BCUT2D eigenvalue weighted by Gasteiger charge is 2.37. The van der Waals surface area contributed by atoms with Crippen molar-refractivity contribution in [2.24, 2.45) is 22.7 Å². The molecule has 0 aliphatic rings. The molecule has 0 aliphatic heterocycles. The Morgan fingerprint density at radius 2 is 1.24 bits per heavy atom. The summed E-state index contributed by atoms with van der Waals surface area (Å²) in [4.78, 5) is 36.8. The molecule has 2 atom stereocenters. The lowest BCUT2D eigenvalue weighted by atomic mass is 9.90. The van der Waals surface area contributed by atoms with Gasteiger partial charge in [-0.1, -0.05) is 53.9 Å². The number of aliphatic hydroxyl groups excluding tert-OH is 3. The van der Waals surface area contributed by atoms with Crippen molar-refractivity contribution in [1.82, 2.24) is 0 Å². The van der Waals surface area contributed by atoms with E-state index in [1.54, 1.807) is 0 Å². The van der Waals surface area contributed by atoms with Crippen LogP contribution in [0.25, 0.3) is 0 Å². The van der Waals surface area contributed by atoms with Gasteiger partial charge in [0.1, 0.15) is 19.8 Å². The van der Waals surface area contributed by atoms with E-state index in [4.69, 9.17) is 18.9 Å². The predicted octanol–water partition coefficient (Wildman–Crippen LogP) is 3.04. The van der Waals surface area contributed by atoms with Crippen molar-refractivity contribution in [3.8, 4) is 0 Å². The number of unbranched alkanes of at least 4 members (excludes halogenated alkanes) is 2. The second-order valence-electron chi connectivity index (χ2n) is 10.8. The topological polar surface area (TPSA) is 149 Å². The van der Waals surface area contributed by atoms with E-state index in [0.717, 1.165) is 19.3 Å². The van der Waals surface area contributed by atoms with Crippen molar-refractivity contribution < 1.29 is 48.7 Å². The van der Waals surface area contributed by atoms with Crippen molar-refractivity contribution in [3.05, 3.63) is 0 Å². The minimum Gasteiger partial charge on any atom is -0.465 e. The second-order valence-corrected chi connectivity index (χ2v) is 10.8. The summed E-state index contributed by atoms with van der Waals surface area (Å²) < 4.78 is 22.0. The molecular formula is C28H52O10. The maximum Gasteiger partial charge on any atom is 0.308 e. The van der Waals surface area contributed by atoms with Gasteiger partial charge in [0.05, 0.1) is 49.8 Å².